The topological polar surface area (TPSA) is 112 Å². The SMILES string of the molecule is N#CCC1(n2cc(-c3cccc4nc(N(C=O)C5CC5)nn34)cn2)CCN(C(=O)c2ccc(F)cc2C(F)(F)F)CC1. The predicted molar refractivity (Wildman–Crippen MR) is 141 cm³/mol. The Hall–Kier alpha value is -4.80. The van der Waals surface area contributed by atoms with Crippen LogP contribution in [-0.2, 0) is 16.5 Å². The van der Waals surface area contributed by atoms with Crippen LogP contribution >= 0.6 is 0 Å². The lowest BCUT2D eigenvalue weighted by Gasteiger charge is -2.41. The summed E-state index contributed by atoms with van der Waals surface area (Å²) in [6.45, 7) is 0.157. The molecular weight excluding hydrogens is 556 g/mol. The van der Waals surface area contributed by atoms with Crippen molar-refractivity contribution >= 4 is 23.9 Å². The smallest absolute Gasteiger partial charge is 0.338 e. The van der Waals surface area contributed by atoms with Gasteiger partial charge in [-0.2, -0.15) is 28.5 Å². The molecule has 4 aromatic rings. The van der Waals surface area contributed by atoms with Gasteiger partial charge in [-0.15, -0.1) is 5.10 Å². The van der Waals surface area contributed by atoms with Crippen molar-refractivity contribution in [2.75, 3.05) is 18.0 Å². The minimum absolute atomic E-state index is 0.0634. The van der Waals surface area contributed by atoms with Crippen LogP contribution in [0.1, 0.15) is 48.0 Å². The molecule has 1 saturated heterocycles. The van der Waals surface area contributed by atoms with Crippen LogP contribution in [-0.4, -0.2) is 60.7 Å². The highest BCUT2D eigenvalue weighted by Gasteiger charge is 2.41. The lowest BCUT2D eigenvalue weighted by atomic mass is 9.84. The minimum Gasteiger partial charge on any atom is -0.338 e. The van der Waals surface area contributed by atoms with Gasteiger partial charge in [0, 0.05) is 30.9 Å². The van der Waals surface area contributed by atoms with E-state index in [2.05, 4.69) is 21.3 Å². The molecule has 6 rings (SSSR count). The first kappa shape index (κ1) is 27.4. The van der Waals surface area contributed by atoms with Gasteiger partial charge in [-0.05, 0) is 56.0 Å². The van der Waals surface area contributed by atoms with Crippen LogP contribution in [0, 0.1) is 17.1 Å². The average Bonchev–Trinajstić information content (AvgIpc) is 3.49. The van der Waals surface area contributed by atoms with E-state index in [-0.39, 0.29) is 38.4 Å². The summed E-state index contributed by atoms with van der Waals surface area (Å²) in [6, 6.07) is 9.70. The number of carbonyl (C=O) groups is 2. The number of fused-ring (bicyclic) bond motifs is 1. The van der Waals surface area contributed by atoms with Gasteiger partial charge in [-0.25, -0.2) is 8.91 Å². The Bertz CT molecular complexity index is 1710. The molecule has 3 aromatic heterocycles. The number of benzene rings is 1. The zero-order chi connectivity index (χ0) is 29.6. The summed E-state index contributed by atoms with van der Waals surface area (Å²) >= 11 is 0. The standard InChI is InChI=1S/C28H24F4N8O2/c29-19-4-7-21(22(14-19)28(30,31)32)25(42)37-12-9-27(8-11-33,10-13-37)39-16-18(15-34-39)23-2-1-3-24-35-26(36-40(23)24)38(17-41)20-5-6-20/h1-4,7,14-17,20H,5-6,8-10,12-13H2. The summed E-state index contributed by atoms with van der Waals surface area (Å²) < 4.78 is 57.4. The highest BCUT2D eigenvalue weighted by atomic mass is 19.4. The zero-order valence-electron chi connectivity index (χ0n) is 22.1. The number of amides is 2. The molecule has 1 aliphatic carbocycles. The van der Waals surface area contributed by atoms with Crippen molar-refractivity contribution in [2.45, 2.75) is 49.9 Å². The van der Waals surface area contributed by atoms with E-state index in [4.69, 9.17) is 0 Å². The third-order valence-electron chi connectivity index (χ3n) is 7.90. The number of alkyl halides is 3. The second-order valence-corrected chi connectivity index (χ2v) is 10.5. The van der Waals surface area contributed by atoms with Gasteiger partial charge in [0.25, 0.3) is 11.9 Å². The molecule has 216 valence electrons. The maximum atomic E-state index is 13.6. The fourth-order valence-electron chi connectivity index (χ4n) is 5.45. The molecule has 2 aliphatic rings. The number of aromatic nitrogens is 5. The van der Waals surface area contributed by atoms with Crippen LogP contribution < -0.4 is 4.90 Å². The molecule has 0 N–H and O–H groups in total. The largest absolute Gasteiger partial charge is 0.417 e. The molecule has 0 atom stereocenters. The van der Waals surface area contributed by atoms with Crippen molar-refractivity contribution in [1.29, 1.82) is 5.26 Å². The third kappa shape index (κ3) is 4.84. The Kier molecular flexibility index (Phi) is 6.67. The van der Waals surface area contributed by atoms with Gasteiger partial charge in [0.2, 0.25) is 6.41 Å². The van der Waals surface area contributed by atoms with Crippen molar-refractivity contribution < 1.29 is 27.2 Å². The van der Waals surface area contributed by atoms with Gasteiger partial charge in [-0.3, -0.25) is 19.2 Å². The summed E-state index contributed by atoms with van der Waals surface area (Å²) in [7, 11) is 0. The first-order chi connectivity index (χ1) is 20.1. The molecule has 42 heavy (non-hydrogen) atoms. The van der Waals surface area contributed by atoms with Crippen LogP contribution in [0.25, 0.3) is 16.9 Å². The molecule has 4 heterocycles. The number of piperidine rings is 1. The lowest BCUT2D eigenvalue weighted by molar-refractivity contribution is -0.138. The Morgan fingerprint density at radius 2 is 1.95 bits per heavy atom. The highest BCUT2D eigenvalue weighted by molar-refractivity contribution is 5.96. The molecule has 1 aromatic carbocycles. The van der Waals surface area contributed by atoms with Crippen molar-refractivity contribution in [2.24, 2.45) is 0 Å². The van der Waals surface area contributed by atoms with Crippen molar-refractivity contribution in [3.8, 4) is 17.3 Å². The van der Waals surface area contributed by atoms with Crippen molar-refractivity contribution in [3.63, 3.8) is 0 Å². The number of nitrogens with zero attached hydrogens (tertiary/aromatic N) is 8. The number of nitriles is 1. The number of carbonyl (C=O) groups excluding carboxylic acids is 2. The summed E-state index contributed by atoms with van der Waals surface area (Å²) in [4.78, 5) is 32.0. The van der Waals surface area contributed by atoms with E-state index < -0.39 is 34.6 Å². The summed E-state index contributed by atoms with van der Waals surface area (Å²) in [5.74, 6) is -1.62. The molecule has 1 aliphatic heterocycles. The van der Waals surface area contributed by atoms with Gasteiger partial charge in [0.1, 0.15) is 5.82 Å². The number of anilines is 1. The zero-order valence-corrected chi connectivity index (χ0v) is 22.1. The van der Waals surface area contributed by atoms with E-state index in [0.717, 1.165) is 31.4 Å². The van der Waals surface area contributed by atoms with Gasteiger partial charge < -0.3 is 4.90 Å². The van der Waals surface area contributed by atoms with Crippen LogP contribution in [0.3, 0.4) is 0 Å². The van der Waals surface area contributed by atoms with Gasteiger partial charge >= 0.3 is 6.18 Å². The third-order valence-corrected chi connectivity index (χ3v) is 7.90. The molecule has 0 bridgehead atoms. The van der Waals surface area contributed by atoms with E-state index in [1.165, 1.54) is 9.80 Å². The molecule has 0 spiro atoms. The fourth-order valence-corrected chi connectivity index (χ4v) is 5.45. The number of rotatable bonds is 7. The molecule has 0 radical (unpaired) electrons. The fraction of sp³-hybridized carbons (Fsp3) is 0.357. The van der Waals surface area contributed by atoms with E-state index in [1.807, 2.05) is 12.1 Å². The monoisotopic (exact) mass is 580 g/mol. The van der Waals surface area contributed by atoms with Gasteiger partial charge in [-0.1, -0.05) is 6.07 Å². The Balaban J connectivity index is 1.26. The highest BCUT2D eigenvalue weighted by Crippen LogP contribution is 2.37. The minimum atomic E-state index is -4.89. The molecule has 14 heteroatoms. The summed E-state index contributed by atoms with van der Waals surface area (Å²) in [5, 5.41) is 18.7. The Morgan fingerprint density at radius 1 is 1.19 bits per heavy atom. The van der Waals surface area contributed by atoms with Crippen molar-refractivity contribution in [3.05, 3.63) is 65.7 Å². The number of pyridine rings is 1. The molecule has 1 saturated carbocycles. The molecular formula is C28H24F4N8O2. The number of halogens is 4. The van der Waals surface area contributed by atoms with E-state index in [1.54, 1.807) is 27.7 Å². The van der Waals surface area contributed by atoms with Gasteiger partial charge in [0.15, 0.2) is 5.65 Å². The van der Waals surface area contributed by atoms with E-state index in [0.29, 0.717) is 28.9 Å². The Morgan fingerprint density at radius 3 is 2.62 bits per heavy atom. The van der Waals surface area contributed by atoms with Crippen molar-refractivity contribution in [1.82, 2.24) is 29.3 Å². The lowest BCUT2D eigenvalue weighted by Crippen LogP contribution is -2.48. The molecule has 0 unspecified atom stereocenters. The van der Waals surface area contributed by atoms with Crippen LogP contribution in [0.5, 0.6) is 0 Å². The maximum absolute atomic E-state index is 13.6. The van der Waals surface area contributed by atoms with E-state index >= 15 is 0 Å². The van der Waals surface area contributed by atoms with Crippen LogP contribution in [0.2, 0.25) is 0 Å². The molecule has 10 nitrogen and oxygen atoms in total. The van der Waals surface area contributed by atoms with Gasteiger partial charge in [0.05, 0.1) is 41.0 Å². The average molecular weight is 581 g/mol. The second-order valence-electron chi connectivity index (χ2n) is 10.5. The number of hydrogen-bond donors (Lipinski definition) is 0. The summed E-state index contributed by atoms with van der Waals surface area (Å²) in [5.41, 5.74) is -0.861. The quantitative estimate of drug-likeness (QED) is 0.236. The molecule has 2 fully saturated rings. The summed E-state index contributed by atoms with van der Waals surface area (Å²) in [6.07, 6.45) is 1.62. The van der Waals surface area contributed by atoms with Crippen LogP contribution in [0.4, 0.5) is 23.5 Å². The second kappa shape index (κ2) is 10.2. The molecule has 2 amide bonds. The normalized spacial score (nSPS) is 16.8. The number of hydrogen-bond acceptors (Lipinski definition) is 6. The Labute approximate surface area is 236 Å². The predicted octanol–water partition coefficient (Wildman–Crippen LogP) is 4.42. The first-order valence-electron chi connectivity index (χ1n) is 13.3. The first-order valence-corrected chi connectivity index (χ1v) is 13.3. The van der Waals surface area contributed by atoms with Crippen LogP contribution in [0.15, 0.2) is 48.8 Å². The van der Waals surface area contributed by atoms with E-state index in [9.17, 15) is 32.4 Å². The number of likely N-dealkylation sites (tertiary alicyclic amines) is 1. The maximum Gasteiger partial charge on any atom is 0.417 e.